The SMILES string of the molecule is O=S(=O)(c1ccc(Cc2nc(-c3ccc4cnccc4c3)no2)cc1)N1CCCCC1. The smallest absolute Gasteiger partial charge is 0.243 e. The van der Waals surface area contributed by atoms with Crippen molar-refractivity contribution in [3.05, 3.63) is 72.4 Å². The first-order chi connectivity index (χ1) is 15.1. The molecule has 0 bridgehead atoms. The Hall–Kier alpha value is -3.10. The van der Waals surface area contributed by atoms with Gasteiger partial charge in [0.05, 0.1) is 11.3 Å². The first-order valence-corrected chi connectivity index (χ1v) is 11.8. The maximum atomic E-state index is 12.8. The lowest BCUT2D eigenvalue weighted by Gasteiger charge is -2.25. The Kier molecular flexibility index (Phi) is 5.25. The lowest BCUT2D eigenvalue weighted by Crippen LogP contribution is -2.35. The number of hydrogen-bond donors (Lipinski definition) is 0. The molecule has 1 aliphatic rings. The first-order valence-electron chi connectivity index (χ1n) is 10.4. The Labute approximate surface area is 180 Å². The van der Waals surface area contributed by atoms with Crippen molar-refractivity contribution in [3.63, 3.8) is 0 Å². The average molecular weight is 435 g/mol. The van der Waals surface area contributed by atoms with Crippen molar-refractivity contribution in [3.8, 4) is 11.4 Å². The molecule has 1 saturated heterocycles. The number of fused-ring (bicyclic) bond motifs is 1. The van der Waals surface area contributed by atoms with E-state index in [4.69, 9.17) is 4.52 Å². The Morgan fingerprint density at radius 2 is 1.74 bits per heavy atom. The van der Waals surface area contributed by atoms with Crippen LogP contribution >= 0.6 is 0 Å². The van der Waals surface area contributed by atoms with Crippen molar-refractivity contribution in [2.24, 2.45) is 0 Å². The Morgan fingerprint density at radius 3 is 2.55 bits per heavy atom. The molecule has 2 aromatic heterocycles. The Bertz CT molecular complexity index is 1310. The summed E-state index contributed by atoms with van der Waals surface area (Å²) in [6, 6.07) is 14.8. The van der Waals surface area contributed by atoms with E-state index in [2.05, 4.69) is 15.1 Å². The van der Waals surface area contributed by atoms with Crippen LogP contribution in [0.3, 0.4) is 0 Å². The van der Waals surface area contributed by atoms with Gasteiger partial charge in [0.2, 0.25) is 21.7 Å². The van der Waals surface area contributed by atoms with E-state index in [1.807, 2.05) is 42.6 Å². The van der Waals surface area contributed by atoms with Gasteiger partial charge in [-0.2, -0.15) is 9.29 Å². The maximum Gasteiger partial charge on any atom is 0.243 e. The van der Waals surface area contributed by atoms with E-state index >= 15 is 0 Å². The molecule has 2 aromatic carbocycles. The molecule has 3 heterocycles. The third kappa shape index (κ3) is 4.08. The number of rotatable bonds is 5. The molecule has 5 rings (SSSR count). The van der Waals surface area contributed by atoms with Gasteiger partial charge in [-0.25, -0.2) is 8.42 Å². The summed E-state index contributed by atoms with van der Waals surface area (Å²) in [5.41, 5.74) is 1.79. The lowest BCUT2D eigenvalue weighted by atomic mass is 10.1. The van der Waals surface area contributed by atoms with Gasteiger partial charge in [0.25, 0.3) is 0 Å². The summed E-state index contributed by atoms with van der Waals surface area (Å²) in [7, 11) is -3.42. The highest BCUT2D eigenvalue weighted by atomic mass is 32.2. The molecule has 158 valence electrons. The van der Waals surface area contributed by atoms with E-state index in [0.29, 0.717) is 36.1 Å². The third-order valence-corrected chi connectivity index (χ3v) is 7.51. The molecule has 0 radical (unpaired) electrons. The van der Waals surface area contributed by atoms with Gasteiger partial charge < -0.3 is 4.52 Å². The highest BCUT2D eigenvalue weighted by molar-refractivity contribution is 7.89. The van der Waals surface area contributed by atoms with Gasteiger partial charge in [0.1, 0.15) is 0 Å². The molecule has 1 fully saturated rings. The maximum absolute atomic E-state index is 12.8. The Balaban J connectivity index is 1.32. The standard InChI is InChI=1S/C23H22N4O3S/c28-31(29,27-12-2-1-3-13-27)21-8-4-17(5-9-21)14-22-25-23(26-30-22)19-6-7-20-16-24-11-10-18(20)15-19/h4-11,15-16H,1-3,12-14H2. The van der Waals surface area contributed by atoms with Gasteiger partial charge in [0, 0.05) is 36.4 Å². The molecule has 7 nitrogen and oxygen atoms in total. The van der Waals surface area contributed by atoms with Gasteiger partial charge in [0.15, 0.2) is 0 Å². The molecular formula is C23H22N4O3S. The minimum atomic E-state index is -3.42. The fraction of sp³-hybridized carbons (Fsp3) is 0.261. The van der Waals surface area contributed by atoms with Gasteiger partial charge in [-0.1, -0.05) is 35.8 Å². The summed E-state index contributed by atoms with van der Waals surface area (Å²) in [6.07, 6.45) is 6.94. The van der Waals surface area contributed by atoms with Gasteiger partial charge in [-0.15, -0.1) is 0 Å². The number of nitrogens with zero attached hydrogens (tertiary/aromatic N) is 4. The molecule has 31 heavy (non-hydrogen) atoms. The second-order valence-electron chi connectivity index (χ2n) is 7.73. The topological polar surface area (TPSA) is 89.2 Å². The molecule has 8 heteroatoms. The fourth-order valence-electron chi connectivity index (χ4n) is 3.87. The zero-order valence-electron chi connectivity index (χ0n) is 16.9. The van der Waals surface area contributed by atoms with Crippen LogP contribution in [-0.4, -0.2) is 40.9 Å². The second kappa shape index (κ2) is 8.20. The molecule has 0 spiro atoms. The normalized spacial score (nSPS) is 15.4. The molecule has 0 N–H and O–H groups in total. The van der Waals surface area contributed by atoms with Crippen LogP contribution in [0.15, 0.2) is 70.3 Å². The van der Waals surface area contributed by atoms with E-state index in [9.17, 15) is 8.42 Å². The van der Waals surface area contributed by atoms with Crippen LogP contribution in [0.25, 0.3) is 22.2 Å². The molecule has 0 aliphatic carbocycles. The van der Waals surface area contributed by atoms with Crippen molar-refractivity contribution in [1.29, 1.82) is 0 Å². The summed E-state index contributed by atoms with van der Waals surface area (Å²) in [6.45, 7) is 1.19. The number of sulfonamides is 1. The van der Waals surface area contributed by atoms with Crippen LogP contribution < -0.4 is 0 Å². The molecule has 0 atom stereocenters. The molecule has 4 aromatic rings. The predicted molar refractivity (Wildman–Crippen MR) is 117 cm³/mol. The van der Waals surface area contributed by atoms with E-state index in [1.165, 1.54) is 0 Å². The number of hydrogen-bond acceptors (Lipinski definition) is 6. The lowest BCUT2D eigenvalue weighted by molar-refractivity contribution is 0.346. The largest absolute Gasteiger partial charge is 0.339 e. The third-order valence-electron chi connectivity index (χ3n) is 5.60. The van der Waals surface area contributed by atoms with Crippen molar-refractivity contribution < 1.29 is 12.9 Å². The summed E-state index contributed by atoms with van der Waals surface area (Å²) in [5.74, 6) is 1.01. The molecule has 1 aliphatic heterocycles. The summed E-state index contributed by atoms with van der Waals surface area (Å²) in [5, 5.41) is 6.21. The summed E-state index contributed by atoms with van der Waals surface area (Å²) in [4.78, 5) is 8.96. The van der Waals surface area contributed by atoms with E-state index < -0.39 is 10.0 Å². The van der Waals surface area contributed by atoms with E-state index in [-0.39, 0.29) is 0 Å². The van der Waals surface area contributed by atoms with Crippen molar-refractivity contribution in [2.45, 2.75) is 30.6 Å². The highest BCUT2D eigenvalue weighted by Gasteiger charge is 2.25. The van der Waals surface area contributed by atoms with Gasteiger partial charge in [-0.05, 0) is 48.1 Å². The zero-order valence-corrected chi connectivity index (χ0v) is 17.8. The number of piperidine rings is 1. The quantitative estimate of drug-likeness (QED) is 0.471. The van der Waals surface area contributed by atoms with E-state index in [0.717, 1.165) is 41.2 Å². The van der Waals surface area contributed by atoms with Crippen LogP contribution in [-0.2, 0) is 16.4 Å². The number of benzene rings is 2. The van der Waals surface area contributed by atoms with Gasteiger partial charge >= 0.3 is 0 Å². The van der Waals surface area contributed by atoms with Crippen LogP contribution in [0.1, 0.15) is 30.7 Å². The van der Waals surface area contributed by atoms with Crippen LogP contribution in [0.4, 0.5) is 0 Å². The van der Waals surface area contributed by atoms with Crippen LogP contribution in [0, 0.1) is 0 Å². The molecule has 0 saturated carbocycles. The fourth-order valence-corrected chi connectivity index (χ4v) is 5.39. The minimum absolute atomic E-state index is 0.329. The van der Waals surface area contributed by atoms with Crippen LogP contribution in [0.2, 0.25) is 0 Å². The van der Waals surface area contributed by atoms with Gasteiger partial charge in [-0.3, -0.25) is 4.98 Å². The highest BCUT2D eigenvalue weighted by Crippen LogP contribution is 2.24. The van der Waals surface area contributed by atoms with Crippen LogP contribution in [0.5, 0.6) is 0 Å². The molecule has 0 amide bonds. The summed E-state index contributed by atoms with van der Waals surface area (Å²) < 4.78 is 32.6. The van der Waals surface area contributed by atoms with E-state index in [1.54, 1.807) is 22.6 Å². The monoisotopic (exact) mass is 434 g/mol. The summed E-state index contributed by atoms with van der Waals surface area (Å²) >= 11 is 0. The first kappa shape index (κ1) is 19.8. The minimum Gasteiger partial charge on any atom is -0.339 e. The Morgan fingerprint density at radius 1 is 0.935 bits per heavy atom. The predicted octanol–water partition coefficient (Wildman–Crippen LogP) is 4.05. The average Bonchev–Trinajstić information content (AvgIpc) is 3.28. The number of aromatic nitrogens is 3. The molecular weight excluding hydrogens is 412 g/mol. The number of pyridine rings is 1. The molecule has 0 unspecified atom stereocenters. The van der Waals surface area contributed by atoms with Crippen molar-refractivity contribution in [1.82, 2.24) is 19.4 Å². The van der Waals surface area contributed by atoms with Crippen molar-refractivity contribution >= 4 is 20.8 Å². The van der Waals surface area contributed by atoms with Crippen molar-refractivity contribution in [2.75, 3.05) is 13.1 Å². The second-order valence-corrected chi connectivity index (χ2v) is 9.67. The zero-order chi connectivity index (χ0) is 21.3.